The first-order valence-corrected chi connectivity index (χ1v) is 7.95. The van der Waals surface area contributed by atoms with E-state index in [1.54, 1.807) is 0 Å². The van der Waals surface area contributed by atoms with Gasteiger partial charge in [0, 0.05) is 5.25 Å². The molecule has 1 saturated carbocycles. The maximum atomic E-state index is 11.8. The SMILES string of the molecule is CNC(C)(CC(C)SCC1CCCC1)C(=O)OC. The lowest BCUT2D eigenvalue weighted by Gasteiger charge is -2.29. The second kappa shape index (κ2) is 7.39. The van der Waals surface area contributed by atoms with E-state index >= 15 is 0 Å². The summed E-state index contributed by atoms with van der Waals surface area (Å²) >= 11 is 2.00. The van der Waals surface area contributed by atoms with E-state index in [1.165, 1.54) is 38.5 Å². The van der Waals surface area contributed by atoms with Crippen LogP contribution in [-0.4, -0.2) is 36.7 Å². The number of ether oxygens (including phenoxy) is 1. The average Bonchev–Trinajstić information content (AvgIpc) is 2.88. The highest BCUT2D eigenvalue weighted by Crippen LogP contribution is 2.31. The molecule has 1 aliphatic rings. The number of carbonyl (C=O) groups is 1. The van der Waals surface area contributed by atoms with E-state index in [9.17, 15) is 4.79 Å². The van der Waals surface area contributed by atoms with E-state index in [0.717, 1.165) is 12.3 Å². The molecule has 1 fully saturated rings. The van der Waals surface area contributed by atoms with Crippen molar-refractivity contribution in [1.82, 2.24) is 5.32 Å². The topological polar surface area (TPSA) is 38.3 Å². The van der Waals surface area contributed by atoms with Crippen molar-refractivity contribution < 1.29 is 9.53 Å². The Labute approximate surface area is 115 Å². The molecule has 0 heterocycles. The fourth-order valence-electron chi connectivity index (χ4n) is 2.62. The maximum absolute atomic E-state index is 11.8. The molecular formula is C14H27NO2S. The molecule has 0 spiro atoms. The summed E-state index contributed by atoms with van der Waals surface area (Å²) in [4.78, 5) is 11.8. The van der Waals surface area contributed by atoms with Crippen LogP contribution < -0.4 is 5.32 Å². The predicted molar refractivity (Wildman–Crippen MR) is 78.0 cm³/mol. The van der Waals surface area contributed by atoms with Gasteiger partial charge in [-0.3, -0.25) is 4.79 Å². The summed E-state index contributed by atoms with van der Waals surface area (Å²) in [6.07, 6.45) is 6.39. The largest absolute Gasteiger partial charge is 0.468 e. The van der Waals surface area contributed by atoms with Crippen molar-refractivity contribution in [3.8, 4) is 0 Å². The quantitative estimate of drug-likeness (QED) is 0.724. The molecule has 3 nitrogen and oxygen atoms in total. The Hall–Kier alpha value is -0.220. The summed E-state index contributed by atoms with van der Waals surface area (Å²) in [5.41, 5.74) is -0.559. The molecule has 106 valence electrons. The predicted octanol–water partition coefficient (Wildman–Crippen LogP) is 2.84. The fraction of sp³-hybridized carbons (Fsp3) is 0.929. The van der Waals surface area contributed by atoms with Crippen LogP contribution in [0.5, 0.6) is 0 Å². The first-order chi connectivity index (χ1) is 8.51. The first-order valence-electron chi connectivity index (χ1n) is 6.90. The zero-order valence-corrected chi connectivity index (χ0v) is 12.9. The molecule has 0 bridgehead atoms. The summed E-state index contributed by atoms with van der Waals surface area (Å²) in [6.45, 7) is 4.13. The average molecular weight is 273 g/mol. The fourth-order valence-corrected chi connectivity index (χ4v) is 4.01. The minimum Gasteiger partial charge on any atom is -0.468 e. The van der Waals surface area contributed by atoms with Crippen molar-refractivity contribution in [2.75, 3.05) is 19.9 Å². The standard InChI is InChI=1S/C14H27NO2S/c1-11(18-10-12-7-5-6-8-12)9-14(2,15-3)13(16)17-4/h11-12,15H,5-10H2,1-4H3. The van der Waals surface area contributed by atoms with Gasteiger partial charge in [-0.05, 0) is 44.9 Å². The van der Waals surface area contributed by atoms with Gasteiger partial charge in [0.15, 0.2) is 0 Å². The molecule has 0 aromatic heterocycles. The van der Waals surface area contributed by atoms with Crippen LogP contribution in [0.3, 0.4) is 0 Å². The van der Waals surface area contributed by atoms with Crippen LogP contribution in [0.4, 0.5) is 0 Å². The number of esters is 1. The number of hydrogen-bond donors (Lipinski definition) is 1. The van der Waals surface area contributed by atoms with E-state index in [-0.39, 0.29) is 5.97 Å². The number of thioether (sulfide) groups is 1. The van der Waals surface area contributed by atoms with Crippen LogP contribution in [0, 0.1) is 5.92 Å². The van der Waals surface area contributed by atoms with Gasteiger partial charge in [-0.15, -0.1) is 0 Å². The lowest BCUT2D eigenvalue weighted by molar-refractivity contribution is -0.147. The van der Waals surface area contributed by atoms with E-state index < -0.39 is 5.54 Å². The third-order valence-corrected chi connectivity index (χ3v) is 5.37. The molecule has 1 aliphatic carbocycles. The summed E-state index contributed by atoms with van der Waals surface area (Å²) in [7, 11) is 3.28. The first kappa shape index (κ1) is 15.8. The highest BCUT2D eigenvalue weighted by atomic mass is 32.2. The van der Waals surface area contributed by atoms with E-state index in [1.807, 2.05) is 25.7 Å². The van der Waals surface area contributed by atoms with Crippen LogP contribution >= 0.6 is 11.8 Å². The summed E-state index contributed by atoms with van der Waals surface area (Å²) in [5, 5.41) is 3.57. The smallest absolute Gasteiger partial charge is 0.325 e. The zero-order valence-electron chi connectivity index (χ0n) is 12.1. The van der Waals surface area contributed by atoms with Crippen molar-refractivity contribution in [2.45, 2.75) is 56.7 Å². The summed E-state index contributed by atoms with van der Waals surface area (Å²) in [5.74, 6) is 1.97. The van der Waals surface area contributed by atoms with Crippen molar-refractivity contribution >= 4 is 17.7 Å². The zero-order chi connectivity index (χ0) is 13.6. The molecule has 1 N–H and O–H groups in total. The molecule has 0 radical (unpaired) electrons. The molecule has 4 heteroatoms. The second-order valence-corrected chi connectivity index (χ2v) is 7.04. The van der Waals surface area contributed by atoms with Gasteiger partial charge in [0.1, 0.15) is 5.54 Å². The number of methoxy groups -OCH3 is 1. The van der Waals surface area contributed by atoms with E-state index in [4.69, 9.17) is 4.74 Å². The van der Waals surface area contributed by atoms with Gasteiger partial charge in [0.2, 0.25) is 0 Å². The molecule has 2 atom stereocenters. The van der Waals surface area contributed by atoms with E-state index in [2.05, 4.69) is 12.2 Å². The van der Waals surface area contributed by atoms with Gasteiger partial charge in [-0.1, -0.05) is 19.8 Å². The van der Waals surface area contributed by atoms with Crippen LogP contribution in [0.15, 0.2) is 0 Å². The number of rotatable bonds is 7. The van der Waals surface area contributed by atoms with Gasteiger partial charge in [0.05, 0.1) is 7.11 Å². The summed E-state index contributed by atoms with van der Waals surface area (Å²) in [6, 6.07) is 0. The van der Waals surface area contributed by atoms with E-state index in [0.29, 0.717) is 5.25 Å². The van der Waals surface area contributed by atoms with Crippen LogP contribution in [0.25, 0.3) is 0 Å². The lowest BCUT2D eigenvalue weighted by atomic mass is 9.96. The third kappa shape index (κ3) is 4.47. The Bertz CT molecular complexity index is 267. The van der Waals surface area contributed by atoms with Crippen molar-refractivity contribution in [3.63, 3.8) is 0 Å². The molecule has 0 aromatic rings. The van der Waals surface area contributed by atoms with Crippen LogP contribution in [0.1, 0.15) is 46.0 Å². The third-order valence-electron chi connectivity index (χ3n) is 3.97. The molecular weight excluding hydrogens is 246 g/mol. The number of hydrogen-bond acceptors (Lipinski definition) is 4. The Kier molecular flexibility index (Phi) is 6.50. The summed E-state index contributed by atoms with van der Waals surface area (Å²) < 4.78 is 4.87. The second-order valence-electron chi connectivity index (χ2n) is 5.57. The molecule has 18 heavy (non-hydrogen) atoms. The Morgan fingerprint density at radius 2 is 2.11 bits per heavy atom. The number of likely N-dealkylation sites (N-methyl/N-ethyl adjacent to an activating group) is 1. The maximum Gasteiger partial charge on any atom is 0.325 e. The minimum atomic E-state index is -0.559. The molecule has 0 aromatic carbocycles. The normalized spacial score (nSPS) is 21.6. The Morgan fingerprint density at radius 1 is 1.50 bits per heavy atom. The van der Waals surface area contributed by atoms with Crippen molar-refractivity contribution in [3.05, 3.63) is 0 Å². The Morgan fingerprint density at radius 3 is 2.61 bits per heavy atom. The Balaban J connectivity index is 2.36. The highest BCUT2D eigenvalue weighted by molar-refractivity contribution is 7.99. The van der Waals surface area contributed by atoms with Gasteiger partial charge in [-0.25, -0.2) is 0 Å². The number of nitrogens with one attached hydrogen (secondary N) is 1. The van der Waals surface area contributed by atoms with Crippen molar-refractivity contribution in [2.24, 2.45) is 5.92 Å². The molecule has 2 unspecified atom stereocenters. The molecule has 1 rings (SSSR count). The van der Waals surface area contributed by atoms with Gasteiger partial charge < -0.3 is 10.1 Å². The van der Waals surface area contributed by atoms with Gasteiger partial charge in [0.25, 0.3) is 0 Å². The van der Waals surface area contributed by atoms with Crippen LogP contribution in [0.2, 0.25) is 0 Å². The minimum absolute atomic E-state index is 0.168. The molecule has 0 saturated heterocycles. The highest BCUT2D eigenvalue weighted by Gasteiger charge is 2.34. The van der Waals surface area contributed by atoms with Crippen molar-refractivity contribution in [1.29, 1.82) is 0 Å². The van der Waals surface area contributed by atoms with Gasteiger partial charge in [-0.2, -0.15) is 11.8 Å². The molecule has 0 aliphatic heterocycles. The number of carbonyl (C=O) groups excluding carboxylic acids is 1. The van der Waals surface area contributed by atoms with Gasteiger partial charge >= 0.3 is 5.97 Å². The van der Waals surface area contributed by atoms with Crippen LogP contribution in [-0.2, 0) is 9.53 Å². The molecule has 0 amide bonds. The lowest BCUT2D eigenvalue weighted by Crippen LogP contribution is -2.49. The monoisotopic (exact) mass is 273 g/mol.